The Hall–Kier alpha value is -2.17. The maximum Gasteiger partial charge on any atom is 0.124 e. The smallest absolute Gasteiger partial charge is 0.124 e. The summed E-state index contributed by atoms with van der Waals surface area (Å²) < 4.78 is 0. The van der Waals surface area contributed by atoms with Gasteiger partial charge in [-0.25, -0.2) is 4.98 Å². The Labute approximate surface area is 121 Å². The monoisotopic (exact) mass is 282 g/mol. The zero-order valence-corrected chi connectivity index (χ0v) is 11.6. The minimum Gasteiger partial charge on any atom is -0.508 e. The largest absolute Gasteiger partial charge is 0.508 e. The fourth-order valence-corrected chi connectivity index (χ4v) is 2.82. The van der Waals surface area contributed by atoms with Crippen LogP contribution in [-0.4, -0.2) is 10.1 Å². The molecule has 0 bridgehead atoms. The van der Waals surface area contributed by atoms with E-state index in [1.54, 1.807) is 23.5 Å². The molecule has 0 unspecified atom stereocenters. The lowest BCUT2D eigenvalue weighted by Crippen LogP contribution is -1.95. The number of nitrogens with zero attached hydrogens (tertiary/aromatic N) is 1. The summed E-state index contributed by atoms with van der Waals surface area (Å²) >= 11 is 1.59. The van der Waals surface area contributed by atoms with Gasteiger partial charge in [0.1, 0.15) is 10.8 Å². The average molecular weight is 282 g/mol. The third-order valence-electron chi connectivity index (χ3n) is 3.08. The Morgan fingerprint density at radius 1 is 1.05 bits per heavy atom. The van der Waals surface area contributed by atoms with Crippen molar-refractivity contribution in [3.63, 3.8) is 0 Å². The molecule has 100 valence electrons. The number of rotatable bonds is 3. The molecule has 2 aromatic carbocycles. The van der Waals surface area contributed by atoms with Crippen LogP contribution in [-0.2, 0) is 6.54 Å². The second kappa shape index (κ2) is 5.45. The van der Waals surface area contributed by atoms with Crippen molar-refractivity contribution >= 4 is 11.3 Å². The second-order valence-electron chi connectivity index (χ2n) is 4.49. The van der Waals surface area contributed by atoms with Crippen molar-refractivity contribution in [2.75, 3.05) is 0 Å². The molecule has 3 rings (SSSR count). The molecule has 3 aromatic rings. The molecule has 0 saturated heterocycles. The molecule has 1 aromatic heterocycles. The Balaban J connectivity index is 1.93. The molecule has 4 heteroatoms. The second-order valence-corrected chi connectivity index (χ2v) is 5.35. The van der Waals surface area contributed by atoms with Crippen LogP contribution in [0.15, 0.2) is 53.9 Å². The third-order valence-corrected chi connectivity index (χ3v) is 3.97. The van der Waals surface area contributed by atoms with Gasteiger partial charge < -0.3 is 10.8 Å². The quantitative estimate of drug-likeness (QED) is 0.771. The lowest BCUT2D eigenvalue weighted by atomic mass is 10.1. The van der Waals surface area contributed by atoms with Crippen LogP contribution in [0.5, 0.6) is 5.75 Å². The molecular weight excluding hydrogens is 268 g/mol. The molecule has 0 aliphatic heterocycles. The van der Waals surface area contributed by atoms with E-state index in [0.29, 0.717) is 6.54 Å². The SMILES string of the molecule is NCc1ccc(-c2nc(-c3cccc(O)c3)cs2)cc1. The molecule has 0 spiro atoms. The molecule has 1 heterocycles. The highest BCUT2D eigenvalue weighted by Gasteiger charge is 2.07. The van der Waals surface area contributed by atoms with E-state index >= 15 is 0 Å². The van der Waals surface area contributed by atoms with Gasteiger partial charge in [-0.1, -0.05) is 36.4 Å². The summed E-state index contributed by atoms with van der Waals surface area (Å²) in [5, 5.41) is 12.5. The first-order valence-electron chi connectivity index (χ1n) is 6.30. The van der Waals surface area contributed by atoms with Crippen molar-refractivity contribution in [2.24, 2.45) is 5.73 Å². The summed E-state index contributed by atoms with van der Waals surface area (Å²) in [4.78, 5) is 4.62. The van der Waals surface area contributed by atoms with Crippen LogP contribution in [0, 0.1) is 0 Å². The molecule has 0 aliphatic rings. The summed E-state index contributed by atoms with van der Waals surface area (Å²) in [6, 6.07) is 15.2. The molecule has 20 heavy (non-hydrogen) atoms. The van der Waals surface area contributed by atoms with Crippen LogP contribution in [0.4, 0.5) is 0 Å². The van der Waals surface area contributed by atoms with E-state index in [-0.39, 0.29) is 5.75 Å². The van der Waals surface area contributed by atoms with Crippen LogP contribution in [0.2, 0.25) is 0 Å². The maximum absolute atomic E-state index is 9.52. The Morgan fingerprint density at radius 2 is 1.85 bits per heavy atom. The summed E-state index contributed by atoms with van der Waals surface area (Å²) in [5.41, 5.74) is 9.59. The molecular formula is C16H14N2OS. The van der Waals surface area contributed by atoms with Gasteiger partial charge in [-0.2, -0.15) is 0 Å². The van der Waals surface area contributed by atoms with E-state index in [4.69, 9.17) is 5.73 Å². The van der Waals surface area contributed by atoms with Gasteiger partial charge in [0, 0.05) is 23.1 Å². The van der Waals surface area contributed by atoms with Crippen LogP contribution in [0.3, 0.4) is 0 Å². The zero-order chi connectivity index (χ0) is 13.9. The summed E-state index contributed by atoms with van der Waals surface area (Å²) in [7, 11) is 0. The fourth-order valence-electron chi connectivity index (χ4n) is 1.99. The lowest BCUT2D eigenvalue weighted by molar-refractivity contribution is 0.475. The van der Waals surface area contributed by atoms with E-state index in [1.807, 2.05) is 41.8 Å². The molecule has 0 radical (unpaired) electrons. The van der Waals surface area contributed by atoms with Crippen molar-refractivity contribution in [3.05, 3.63) is 59.5 Å². The first-order valence-corrected chi connectivity index (χ1v) is 7.18. The van der Waals surface area contributed by atoms with E-state index in [1.165, 1.54) is 0 Å². The van der Waals surface area contributed by atoms with Gasteiger partial charge in [0.25, 0.3) is 0 Å². The number of hydrogen-bond donors (Lipinski definition) is 2. The van der Waals surface area contributed by atoms with Crippen molar-refractivity contribution in [2.45, 2.75) is 6.54 Å². The van der Waals surface area contributed by atoms with E-state index in [0.717, 1.165) is 27.4 Å². The molecule has 0 saturated carbocycles. The van der Waals surface area contributed by atoms with Gasteiger partial charge in [0.15, 0.2) is 0 Å². The summed E-state index contributed by atoms with van der Waals surface area (Å²) in [6.07, 6.45) is 0. The molecule has 0 amide bonds. The van der Waals surface area contributed by atoms with Gasteiger partial charge in [0.05, 0.1) is 5.69 Å². The van der Waals surface area contributed by atoms with Gasteiger partial charge in [0.2, 0.25) is 0 Å². The fraction of sp³-hybridized carbons (Fsp3) is 0.0625. The predicted molar refractivity (Wildman–Crippen MR) is 82.5 cm³/mol. The predicted octanol–water partition coefficient (Wildman–Crippen LogP) is 3.64. The molecule has 0 atom stereocenters. The van der Waals surface area contributed by atoms with Crippen molar-refractivity contribution < 1.29 is 5.11 Å². The van der Waals surface area contributed by atoms with Crippen LogP contribution in [0.1, 0.15) is 5.56 Å². The van der Waals surface area contributed by atoms with E-state index < -0.39 is 0 Å². The van der Waals surface area contributed by atoms with Crippen LogP contribution in [0.25, 0.3) is 21.8 Å². The highest BCUT2D eigenvalue weighted by Crippen LogP contribution is 2.30. The van der Waals surface area contributed by atoms with Crippen molar-refractivity contribution in [1.82, 2.24) is 4.98 Å². The number of aromatic hydroxyl groups is 1. The number of thiazole rings is 1. The van der Waals surface area contributed by atoms with Gasteiger partial charge >= 0.3 is 0 Å². The lowest BCUT2D eigenvalue weighted by Gasteiger charge is -1.99. The minimum atomic E-state index is 0.254. The normalized spacial score (nSPS) is 10.7. The summed E-state index contributed by atoms with van der Waals surface area (Å²) in [6.45, 7) is 0.548. The maximum atomic E-state index is 9.52. The number of hydrogen-bond acceptors (Lipinski definition) is 4. The highest BCUT2D eigenvalue weighted by molar-refractivity contribution is 7.13. The van der Waals surface area contributed by atoms with E-state index in [2.05, 4.69) is 4.98 Å². The average Bonchev–Trinajstić information content (AvgIpc) is 2.97. The van der Waals surface area contributed by atoms with Gasteiger partial charge in [-0.3, -0.25) is 0 Å². The van der Waals surface area contributed by atoms with Crippen LogP contribution >= 0.6 is 11.3 Å². The number of benzene rings is 2. The van der Waals surface area contributed by atoms with Crippen LogP contribution < -0.4 is 5.73 Å². The first-order chi connectivity index (χ1) is 9.76. The van der Waals surface area contributed by atoms with Crippen molar-refractivity contribution in [1.29, 1.82) is 0 Å². The Bertz CT molecular complexity index is 719. The van der Waals surface area contributed by atoms with Crippen molar-refractivity contribution in [3.8, 4) is 27.6 Å². The zero-order valence-electron chi connectivity index (χ0n) is 10.8. The molecule has 3 N–H and O–H groups in total. The number of aromatic nitrogens is 1. The standard InChI is InChI=1S/C16H14N2OS/c17-9-11-4-6-12(7-5-11)16-18-15(10-20-16)13-2-1-3-14(19)8-13/h1-8,10,19H,9,17H2. The first kappa shape index (κ1) is 12.8. The summed E-state index contributed by atoms with van der Waals surface area (Å²) in [5.74, 6) is 0.254. The van der Waals surface area contributed by atoms with Gasteiger partial charge in [-0.15, -0.1) is 11.3 Å². The highest BCUT2D eigenvalue weighted by atomic mass is 32.1. The molecule has 0 fully saturated rings. The Morgan fingerprint density at radius 3 is 2.55 bits per heavy atom. The molecule has 0 aliphatic carbocycles. The third kappa shape index (κ3) is 2.57. The number of phenolic OH excluding ortho intramolecular Hbond substituents is 1. The van der Waals surface area contributed by atoms with E-state index in [9.17, 15) is 5.11 Å². The number of nitrogens with two attached hydrogens (primary N) is 1. The molecule has 3 nitrogen and oxygen atoms in total. The minimum absolute atomic E-state index is 0.254. The topological polar surface area (TPSA) is 59.1 Å². The number of phenols is 1. The van der Waals surface area contributed by atoms with Gasteiger partial charge in [-0.05, 0) is 17.7 Å². The Kier molecular flexibility index (Phi) is 3.50.